The Morgan fingerprint density at radius 1 is 0.688 bits per heavy atom. The van der Waals surface area contributed by atoms with Gasteiger partial charge in [-0.2, -0.15) is 0 Å². The molecular formula is C16H29. The van der Waals surface area contributed by atoms with Crippen LogP contribution in [0.3, 0.4) is 0 Å². The molecule has 0 unspecified atom stereocenters. The van der Waals surface area contributed by atoms with Gasteiger partial charge in [0.15, 0.2) is 0 Å². The Bertz CT molecular complexity index is 170. The minimum atomic E-state index is 1.04. The second-order valence-electron chi connectivity index (χ2n) is 4.64. The molecule has 16 heavy (non-hydrogen) atoms. The molecule has 0 saturated heterocycles. The molecule has 0 nitrogen and oxygen atoms in total. The maximum absolute atomic E-state index is 3.51. The molecule has 0 aromatic heterocycles. The molecule has 0 saturated carbocycles. The van der Waals surface area contributed by atoms with E-state index in [1.807, 2.05) is 0 Å². The quantitative estimate of drug-likeness (QED) is 0.318. The third kappa shape index (κ3) is 13.6. The molecule has 0 aromatic rings. The van der Waals surface area contributed by atoms with Gasteiger partial charge in [0.25, 0.3) is 0 Å². The average Bonchev–Trinajstić information content (AvgIpc) is 2.31. The van der Waals surface area contributed by atoms with Gasteiger partial charge in [0.1, 0.15) is 0 Å². The van der Waals surface area contributed by atoms with Gasteiger partial charge in [-0.15, -0.1) is 11.8 Å². The molecule has 0 heterocycles. The van der Waals surface area contributed by atoms with E-state index in [1.165, 1.54) is 70.6 Å². The van der Waals surface area contributed by atoms with Crippen molar-refractivity contribution in [2.45, 2.75) is 84.0 Å². The monoisotopic (exact) mass is 221 g/mol. The molecule has 1 radical (unpaired) electrons. The van der Waals surface area contributed by atoms with Crippen LogP contribution < -0.4 is 0 Å². The summed E-state index contributed by atoms with van der Waals surface area (Å²) in [6, 6.07) is 0. The first kappa shape index (κ1) is 15.6. The zero-order chi connectivity index (χ0) is 11.9. The summed E-state index contributed by atoms with van der Waals surface area (Å²) >= 11 is 0. The standard InChI is InChI=1S/C16H29/c1-3-5-7-9-11-13-15-16-14-12-10-8-6-4-2/h1,4,6-16H2,2H3. The van der Waals surface area contributed by atoms with Gasteiger partial charge in [0.2, 0.25) is 0 Å². The van der Waals surface area contributed by atoms with Crippen LogP contribution in [0.2, 0.25) is 0 Å². The Morgan fingerprint density at radius 2 is 1.12 bits per heavy atom. The smallest absolute Gasteiger partial charge is 0.0198 e. The Hall–Kier alpha value is -0.440. The molecular weight excluding hydrogens is 192 g/mol. The van der Waals surface area contributed by atoms with Crippen molar-refractivity contribution in [1.29, 1.82) is 0 Å². The van der Waals surface area contributed by atoms with E-state index in [-0.39, 0.29) is 0 Å². The highest BCUT2D eigenvalue weighted by molar-refractivity contribution is 5.00. The van der Waals surface area contributed by atoms with E-state index < -0.39 is 0 Å². The Kier molecular flexibility index (Phi) is 14.2. The van der Waals surface area contributed by atoms with Crippen LogP contribution in [0.1, 0.15) is 84.0 Å². The summed E-state index contributed by atoms with van der Waals surface area (Å²) in [7, 11) is 0. The first-order valence-electron chi connectivity index (χ1n) is 7.16. The third-order valence-electron chi connectivity index (χ3n) is 3.03. The number of rotatable bonds is 11. The van der Waals surface area contributed by atoms with E-state index in [4.69, 9.17) is 0 Å². The predicted octanol–water partition coefficient (Wildman–Crippen LogP) is 5.52. The summed E-state index contributed by atoms with van der Waals surface area (Å²) in [5.41, 5.74) is 0. The summed E-state index contributed by atoms with van der Waals surface area (Å²) in [6.07, 6.45) is 16.5. The number of hydrogen-bond acceptors (Lipinski definition) is 0. The number of unbranched alkanes of at least 4 members (excludes halogenated alkanes) is 11. The van der Waals surface area contributed by atoms with Crippen LogP contribution in [0, 0.1) is 18.8 Å². The lowest BCUT2D eigenvalue weighted by Gasteiger charge is -2.01. The maximum atomic E-state index is 3.51. The van der Waals surface area contributed by atoms with E-state index in [1.54, 1.807) is 0 Å². The molecule has 0 heteroatoms. The molecule has 0 spiro atoms. The van der Waals surface area contributed by atoms with Crippen molar-refractivity contribution in [2.75, 3.05) is 0 Å². The fourth-order valence-electron chi connectivity index (χ4n) is 1.97. The largest absolute Gasteiger partial charge is 0.103 e. The fraction of sp³-hybridized carbons (Fsp3) is 0.812. The van der Waals surface area contributed by atoms with Crippen molar-refractivity contribution in [3.8, 4) is 11.8 Å². The molecule has 0 aromatic carbocycles. The molecule has 0 aliphatic rings. The van der Waals surface area contributed by atoms with Crippen molar-refractivity contribution in [2.24, 2.45) is 0 Å². The first-order valence-corrected chi connectivity index (χ1v) is 7.16. The molecule has 0 amide bonds. The van der Waals surface area contributed by atoms with E-state index in [0.717, 1.165) is 6.42 Å². The highest BCUT2D eigenvalue weighted by Gasteiger charge is 1.92. The first-order chi connectivity index (χ1) is 7.91. The minimum absolute atomic E-state index is 1.04. The van der Waals surface area contributed by atoms with Gasteiger partial charge in [0.05, 0.1) is 0 Å². The summed E-state index contributed by atoms with van der Waals surface area (Å²) < 4.78 is 0. The third-order valence-corrected chi connectivity index (χ3v) is 3.03. The van der Waals surface area contributed by atoms with Crippen LogP contribution in [-0.4, -0.2) is 0 Å². The molecule has 93 valence electrons. The molecule has 0 bridgehead atoms. The predicted molar refractivity (Wildman–Crippen MR) is 74.2 cm³/mol. The lowest BCUT2D eigenvalue weighted by Crippen LogP contribution is -1.81. The fourth-order valence-corrected chi connectivity index (χ4v) is 1.97. The van der Waals surface area contributed by atoms with Crippen LogP contribution in [0.4, 0.5) is 0 Å². The van der Waals surface area contributed by atoms with Gasteiger partial charge < -0.3 is 0 Å². The lowest BCUT2D eigenvalue weighted by molar-refractivity contribution is 0.551. The van der Waals surface area contributed by atoms with E-state index in [0.29, 0.717) is 0 Å². The van der Waals surface area contributed by atoms with Gasteiger partial charge in [-0.1, -0.05) is 71.1 Å². The Labute approximate surface area is 103 Å². The molecule has 0 N–H and O–H groups in total. The zero-order valence-corrected chi connectivity index (χ0v) is 11.2. The maximum Gasteiger partial charge on any atom is 0.0198 e. The highest BCUT2D eigenvalue weighted by atomic mass is 14.0. The molecule has 0 rings (SSSR count). The van der Waals surface area contributed by atoms with Crippen molar-refractivity contribution < 1.29 is 0 Å². The van der Waals surface area contributed by atoms with Crippen LogP contribution >= 0.6 is 0 Å². The lowest BCUT2D eigenvalue weighted by atomic mass is 10.1. The van der Waals surface area contributed by atoms with Crippen molar-refractivity contribution >= 4 is 0 Å². The van der Waals surface area contributed by atoms with E-state index in [9.17, 15) is 0 Å². The van der Waals surface area contributed by atoms with Crippen LogP contribution in [-0.2, 0) is 0 Å². The normalized spacial score (nSPS) is 9.88. The molecule has 0 fully saturated rings. The summed E-state index contributed by atoms with van der Waals surface area (Å²) in [5, 5.41) is 0. The minimum Gasteiger partial charge on any atom is -0.103 e. The SMILES string of the molecule is [CH2]C#CCCCCCCCCCCCCC. The molecule has 0 atom stereocenters. The average molecular weight is 221 g/mol. The second kappa shape index (κ2) is 14.6. The Morgan fingerprint density at radius 3 is 1.56 bits per heavy atom. The van der Waals surface area contributed by atoms with Crippen molar-refractivity contribution in [1.82, 2.24) is 0 Å². The van der Waals surface area contributed by atoms with Crippen LogP contribution in [0.15, 0.2) is 0 Å². The summed E-state index contributed by atoms with van der Waals surface area (Å²) in [6.45, 7) is 5.79. The summed E-state index contributed by atoms with van der Waals surface area (Å²) in [5.74, 6) is 5.72. The van der Waals surface area contributed by atoms with Crippen LogP contribution in [0.25, 0.3) is 0 Å². The van der Waals surface area contributed by atoms with Gasteiger partial charge in [-0.3, -0.25) is 0 Å². The van der Waals surface area contributed by atoms with Crippen LogP contribution in [0.5, 0.6) is 0 Å². The molecule has 0 aliphatic carbocycles. The molecule has 0 aliphatic heterocycles. The van der Waals surface area contributed by atoms with Gasteiger partial charge >= 0.3 is 0 Å². The second-order valence-corrected chi connectivity index (χ2v) is 4.64. The number of hydrogen-bond donors (Lipinski definition) is 0. The van der Waals surface area contributed by atoms with E-state index in [2.05, 4.69) is 25.7 Å². The van der Waals surface area contributed by atoms with Gasteiger partial charge in [-0.05, 0) is 6.42 Å². The van der Waals surface area contributed by atoms with Crippen molar-refractivity contribution in [3.63, 3.8) is 0 Å². The highest BCUT2D eigenvalue weighted by Crippen LogP contribution is 2.11. The Balaban J connectivity index is 2.89. The van der Waals surface area contributed by atoms with Gasteiger partial charge in [-0.25, -0.2) is 0 Å². The van der Waals surface area contributed by atoms with E-state index >= 15 is 0 Å². The summed E-state index contributed by atoms with van der Waals surface area (Å²) in [4.78, 5) is 0. The van der Waals surface area contributed by atoms with Crippen molar-refractivity contribution in [3.05, 3.63) is 6.92 Å². The topological polar surface area (TPSA) is 0 Å². The zero-order valence-electron chi connectivity index (χ0n) is 11.2. The van der Waals surface area contributed by atoms with Gasteiger partial charge in [0, 0.05) is 13.3 Å².